The normalized spacial score (nSPS) is 21.5. The number of nitrogens with zero attached hydrogens (tertiary/aromatic N) is 1. The molecule has 2 heterocycles. The van der Waals surface area contributed by atoms with E-state index in [9.17, 15) is 9.59 Å². The summed E-state index contributed by atoms with van der Waals surface area (Å²) in [6.07, 6.45) is 0.910. The Morgan fingerprint density at radius 2 is 2.27 bits per heavy atom. The van der Waals surface area contributed by atoms with Crippen molar-refractivity contribution in [3.05, 3.63) is 44.7 Å². The highest BCUT2D eigenvalue weighted by molar-refractivity contribution is 9.10. The van der Waals surface area contributed by atoms with E-state index >= 15 is 0 Å². The first-order valence-corrected chi connectivity index (χ1v) is 8.13. The number of aromatic nitrogens is 1. The van der Waals surface area contributed by atoms with Gasteiger partial charge in [-0.2, -0.15) is 0 Å². The van der Waals surface area contributed by atoms with Gasteiger partial charge in [0, 0.05) is 28.5 Å². The van der Waals surface area contributed by atoms with Crippen LogP contribution in [0.5, 0.6) is 0 Å². The second kappa shape index (κ2) is 5.85. The van der Waals surface area contributed by atoms with Crippen molar-refractivity contribution in [1.29, 1.82) is 0 Å². The van der Waals surface area contributed by atoms with Crippen molar-refractivity contribution in [2.75, 3.05) is 13.1 Å². The number of halogens is 1. The molecule has 3 rings (SSSR count). The van der Waals surface area contributed by atoms with Crippen LogP contribution in [-0.4, -0.2) is 34.9 Å². The lowest BCUT2D eigenvalue weighted by molar-refractivity contribution is 0.0745. The van der Waals surface area contributed by atoms with Crippen LogP contribution in [0, 0.1) is 5.92 Å². The maximum absolute atomic E-state index is 12.9. The number of nitrogens with two attached hydrogens (primary N) is 1. The molecule has 0 saturated carbocycles. The molecule has 1 aromatic heterocycles. The van der Waals surface area contributed by atoms with Crippen LogP contribution < -0.4 is 11.3 Å². The fourth-order valence-corrected chi connectivity index (χ4v) is 3.64. The van der Waals surface area contributed by atoms with Crippen LogP contribution in [-0.2, 0) is 0 Å². The van der Waals surface area contributed by atoms with Gasteiger partial charge in [0.15, 0.2) is 0 Å². The van der Waals surface area contributed by atoms with Gasteiger partial charge >= 0.3 is 0 Å². The van der Waals surface area contributed by atoms with E-state index in [4.69, 9.17) is 5.73 Å². The summed E-state index contributed by atoms with van der Waals surface area (Å²) in [5, 5.41) is 0.752. The van der Waals surface area contributed by atoms with Crippen LogP contribution >= 0.6 is 15.9 Å². The molecule has 0 radical (unpaired) electrons. The molecule has 1 aliphatic heterocycles. The molecule has 0 spiro atoms. The molecule has 116 valence electrons. The maximum Gasteiger partial charge on any atom is 0.254 e. The Labute approximate surface area is 136 Å². The molecular weight excluding hydrogens is 346 g/mol. The Morgan fingerprint density at radius 1 is 1.50 bits per heavy atom. The predicted molar refractivity (Wildman–Crippen MR) is 89.9 cm³/mol. The second-order valence-corrected chi connectivity index (χ2v) is 6.71. The number of H-pyrrole nitrogens is 1. The van der Waals surface area contributed by atoms with Crippen molar-refractivity contribution >= 4 is 32.7 Å². The van der Waals surface area contributed by atoms with Gasteiger partial charge in [-0.3, -0.25) is 9.59 Å². The number of amides is 1. The first kappa shape index (κ1) is 15.2. The Kier molecular flexibility index (Phi) is 4.06. The zero-order chi connectivity index (χ0) is 15.9. The van der Waals surface area contributed by atoms with Crippen molar-refractivity contribution in [3.63, 3.8) is 0 Å². The Morgan fingerprint density at radius 3 is 2.95 bits per heavy atom. The number of rotatable bonds is 2. The van der Waals surface area contributed by atoms with Crippen LogP contribution in [0.1, 0.15) is 23.7 Å². The van der Waals surface area contributed by atoms with E-state index in [2.05, 4.69) is 20.9 Å². The van der Waals surface area contributed by atoms with Crippen LogP contribution in [0.25, 0.3) is 10.9 Å². The van der Waals surface area contributed by atoms with Gasteiger partial charge in [0.25, 0.3) is 5.91 Å². The number of carbonyl (C=O) groups excluding carboxylic acids is 1. The standard InChI is InChI=1S/C16H18BrN3O2/c1-9-5-10(7-18)8-20(9)16(22)12-6-14(21)19-15-11(12)3-2-4-13(15)17/h2-4,6,9-10H,5,7-8,18H2,1H3,(H,19,21). The quantitative estimate of drug-likeness (QED) is 0.857. The van der Waals surface area contributed by atoms with Crippen LogP contribution in [0.4, 0.5) is 0 Å². The lowest BCUT2D eigenvalue weighted by Gasteiger charge is -2.22. The van der Waals surface area contributed by atoms with Gasteiger partial charge < -0.3 is 15.6 Å². The summed E-state index contributed by atoms with van der Waals surface area (Å²) in [7, 11) is 0. The number of hydrogen-bond donors (Lipinski definition) is 2. The lowest BCUT2D eigenvalue weighted by Crippen LogP contribution is -2.35. The number of pyridine rings is 1. The van der Waals surface area contributed by atoms with Gasteiger partial charge in [-0.05, 0) is 47.8 Å². The summed E-state index contributed by atoms with van der Waals surface area (Å²) < 4.78 is 0.769. The number of hydrogen-bond acceptors (Lipinski definition) is 3. The van der Waals surface area contributed by atoms with E-state index in [1.54, 1.807) is 0 Å². The maximum atomic E-state index is 12.9. The molecular formula is C16H18BrN3O2. The minimum Gasteiger partial charge on any atom is -0.336 e. The molecule has 22 heavy (non-hydrogen) atoms. The SMILES string of the molecule is CC1CC(CN)CN1C(=O)c1cc(=O)[nH]c2c(Br)cccc12. The summed E-state index contributed by atoms with van der Waals surface area (Å²) in [5.41, 5.74) is 6.56. The number of likely N-dealkylation sites (tertiary alicyclic amines) is 1. The van der Waals surface area contributed by atoms with Gasteiger partial charge in [0.1, 0.15) is 0 Å². The second-order valence-electron chi connectivity index (χ2n) is 5.85. The van der Waals surface area contributed by atoms with Gasteiger partial charge in [-0.15, -0.1) is 0 Å². The minimum absolute atomic E-state index is 0.0994. The topological polar surface area (TPSA) is 79.2 Å². The molecule has 1 amide bonds. The molecule has 2 unspecified atom stereocenters. The highest BCUT2D eigenvalue weighted by Crippen LogP contribution is 2.28. The van der Waals surface area contributed by atoms with E-state index in [1.165, 1.54) is 6.07 Å². The molecule has 1 fully saturated rings. The number of aromatic amines is 1. The highest BCUT2D eigenvalue weighted by atomic mass is 79.9. The molecule has 1 saturated heterocycles. The number of benzene rings is 1. The van der Waals surface area contributed by atoms with Gasteiger partial charge in [-0.1, -0.05) is 12.1 Å². The smallest absolute Gasteiger partial charge is 0.254 e. The minimum atomic E-state index is -0.273. The van der Waals surface area contributed by atoms with E-state index in [0.29, 0.717) is 30.1 Å². The molecule has 5 nitrogen and oxygen atoms in total. The summed E-state index contributed by atoms with van der Waals surface area (Å²) in [4.78, 5) is 29.4. The Bertz CT molecular complexity index is 787. The van der Waals surface area contributed by atoms with Gasteiger partial charge in [0.05, 0.1) is 11.1 Å². The van der Waals surface area contributed by atoms with Crippen LogP contribution in [0.2, 0.25) is 0 Å². The summed E-state index contributed by atoms with van der Waals surface area (Å²) in [5.74, 6) is 0.233. The van der Waals surface area contributed by atoms with Crippen LogP contribution in [0.3, 0.4) is 0 Å². The third-order valence-corrected chi connectivity index (χ3v) is 4.97. The predicted octanol–water partition coefficient (Wildman–Crippen LogP) is 2.10. The lowest BCUT2D eigenvalue weighted by atomic mass is 10.1. The average Bonchev–Trinajstić information content (AvgIpc) is 2.88. The summed E-state index contributed by atoms with van der Waals surface area (Å²) >= 11 is 3.42. The van der Waals surface area contributed by atoms with Crippen molar-refractivity contribution in [2.45, 2.75) is 19.4 Å². The summed E-state index contributed by atoms with van der Waals surface area (Å²) in [6, 6.07) is 7.08. The molecule has 2 aromatic rings. The number of nitrogens with one attached hydrogen (secondary N) is 1. The first-order chi connectivity index (χ1) is 10.5. The third kappa shape index (κ3) is 2.57. The molecule has 2 atom stereocenters. The monoisotopic (exact) mass is 363 g/mol. The van der Waals surface area contributed by atoms with Crippen molar-refractivity contribution in [3.8, 4) is 0 Å². The fourth-order valence-electron chi connectivity index (χ4n) is 3.17. The summed E-state index contributed by atoms with van der Waals surface area (Å²) in [6.45, 7) is 3.26. The molecule has 3 N–H and O–H groups in total. The number of fused-ring (bicyclic) bond motifs is 1. The molecule has 1 aliphatic rings. The zero-order valence-electron chi connectivity index (χ0n) is 12.3. The van der Waals surface area contributed by atoms with Gasteiger partial charge in [-0.25, -0.2) is 0 Å². The Hall–Kier alpha value is -1.66. The number of para-hydroxylation sites is 1. The van der Waals surface area contributed by atoms with E-state index < -0.39 is 0 Å². The van der Waals surface area contributed by atoms with Crippen molar-refractivity contribution in [2.24, 2.45) is 11.7 Å². The average molecular weight is 364 g/mol. The molecule has 0 aliphatic carbocycles. The largest absolute Gasteiger partial charge is 0.336 e. The highest BCUT2D eigenvalue weighted by Gasteiger charge is 2.32. The van der Waals surface area contributed by atoms with Gasteiger partial charge in [0.2, 0.25) is 5.56 Å². The van der Waals surface area contributed by atoms with Crippen LogP contribution in [0.15, 0.2) is 33.5 Å². The third-order valence-electron chi connectivity index (χ3n) is 4.31. The van der Waals surface area contributed by atoms with E-state index in [-0.39, 0.29) is 17.5 Å². The molecule has 0 bridgehead atoms. The van der Waals surface area contributed by atoms with E-state index in [0.717, 1.165) is 16.3 Å². The molecule has 1 aromatic carbocycles. The Balaban J connectivity index is 2.08. The molecule has 6 heteroatoms. The van der Waals surface area contributed by atoms with E-state index in [1.807, 2.05) is 30.0 Å². The zero-order valence-corrected chi connectivity index (χ0v) is 13.9. The number of carbonyl (C=O) groups is 1. The van der Waals surface area contributed by atoms with Crippen molar-refractivity contribution < 1.29 is 4.79 Å². The fraction of sp³-hybridized carbons (Fsp3) is 0.375. The first-order valence-electron chi connectivity index (χ1n) is 7.34. The van der Waals surface area contributed by atoms with Crippen molar-refractivity contribution in [1.82, 2.24) is 9.88 Å².